The van der Waals surface area contributed by atoms with Gasteiger partial charge in [0.1, 0.15) is 0 Å². The summed E-state index contributed by atoms with van der Waals surface area (Å²) in [5.41, 5.74) is 7.05. The van der Waals surface area contributed by atoms with E-state index in [-0.39, 0.29) is 5.78 Å². The first kappa shape index (κ1) is 25.7. The summed E-state index contributed by atoms with van der Waals surface area (Å²) in [4.78, 5) is 23.9. The van der Waals surface area contributed by atoms with E-state index >= 15 is 0 Å². The van der Waals surface area contributed by atoms with Crippen molar-refractivity contribution in [2.75, 3.05) is 0 Å². The summed E-state index contributed by atoms with van der Waals surface area (Å²) < 4.78 is 32.3. The molecule has 188 valence electrons. The Hall–Kier alpha value is -2.43. The molecule has 0 saturated heterocycles. The third kappa shape index (κ3) is 4.83. The number of carbonyl (C=O) groups is 2. The molecule has 4 aliphatic rings. The highest BCUT2D eigenvalue weighted by atomic mass is 19.3. The first-order valence-electron chi connectivity index (χ1n) is 12.8. The van der Waals surface area contributed by atoms with Gasteiger partial charge in [-0.3, -0.25) is 9.59 Å². The number of allylic oxidation sites excluding steroid dienone is 5. The van der Waals surface area contributed by atoms with Crippen LogP contribution >= 0.6 is 0 Å². The monoisotopic (exact) mass is 484 g/mol. The van der Waals surface area contributed by atoms with Crippen molar-refractivity contribution in [3.05, 3.63) is 70.1 Å². The highest BCUT2D eigenvalue weighted by molar-refractivity contribution is 5.94. The number of hydrogen-bond donors (Lipinski definition) is 0. The minimum absolute atomic E-state index is 0.130. The average Bonchev–Trinajstić information content (AvgIpc) is 3.12. The van der Waals surface area contributed by atoms with Gasteiger partial charge in [-0.25, -0.2) is 4.39 Å². The maximum absolute atomic E-state index is 12.1. The first-order chi connectivity index (χ1) is 16.5. The fourth-order valence-corrected chi connectivity index (χ4v) is 7.16. The number of halogens is 3. The van der Waals surface area contributed by atoms with Crippen molar-refractivity contribution in [1.29, 1.82) is 0 Å². The molecule has 0 N–H and O–H groups in total. The number of fused-ring (bicyclic) bond motifs is 4. The van der Waals surface area contributed by atoms with Gasteiger partial charge in [-0.15, -0.1) is 0 Å². The van der Waals surface area contributed by atoms with E-state index in [0.717, 1.165) is 30.2 Å². The Morgan fingerprint density at radius 2 is 1.63 bits per heavy atom. The van der Waals surface area contributed by atoms with Crippen molar-refractivity contribution in [3.63, 3.8) is 0 Å². The third-order valence-corrected chi connectivity index (χ3v) is 9.19. The summed E-state index contributed by atoms with van der Waals surface area (Å²) in [6, 6.07) is 8.41. The van der Waals surface area contributed by atoms with Gasteiger partial charge in [-0.05, 0) is 98.3 Å². The predicted octanol–water partition coefficient (Wildman–Crippen LogP) is 8.51. The molecule has 5 atom stereocenters. The van der Waals surface area contributed by atoms with Crippen LogP contribution in [0.25, 0.3) is 0 Å². The normalized spacial score (nSPS) is 31.4. The Kier molecular flexibility index (Phi) is 7.26. The van der Waals surface area contributed by atoms with Gasteiger partial charge in [0.2, 0.25) is 0 Å². The van der Waals surface area contributed by atoms with Gasteiger partial charge in [0, 0.05) is 17.9 Å². The van der Waals surface area contributed by atoms with E-state index in [0.29, 0.717) is 36.4 Å². The molecule has 0 spiro atoms. The number of Topliss-reactive ketones (excluding diaryl/α,β-unsaturated/α-hetero) is 1. The van der Waals surface area contributed by atoms with E-state index in [9.17, 15) is 22.8 Å². The fourth-order valence-electron chi connectivity index (χ4n) is 7.16. The molecule has 0 aromatic heterocycles. The van der Waals surface area contributed by atoms with Gasteiger partial charge in [-0.2, -0.15) is 8.78 Å². The summed E-state index contributed by atoms with van der Waals surface area (Å²) in [6.45, 7) is 7.35. The maximum Gasteiger partial charge on any atom is 0.301 e. The topological polar surface area (TPSA) is 34.1 Å². The zero-order chi connectivity index (χ0) is 25.5. The molecule has 2 saturated carbocycles. The highest BCUT2D eigenvalue weighted by Crippen LogP contribution is 2.65. The van der Waals surface area contributed by atoms with E-state index in [1.807, 2.05) is 18.2 Å². The molecule has 35 heavy (non-hydrogen) atoms. The van der Waals surface area contributed by atoms with Crippen molar-refractivity contribution in [2.24, 2.45) is 23.2 Å². The van der Waals surface area contributed by atoms with E-state index in [2.05, 4.69) is 26.0 Å². The number of rotatable bonds is 2. The van der Waals surface area contributed by atoms with Crippen LogP contribution in [0.1, 0.15) is 94.5 Å². The lowest BCUT2D eigenvalue weighted by Gasteiger charge is -2.52. The Morgan fingerprint density at radius 3 is 2.23 bits per heavy atom. The van der Waals surface area contributed by atoms with Gasteiger partial charge in [0.25, 0.3) is 0 Å². The van der Waals surface area contributed by atoms with Gasteiger partial charge in [0.15, 0.2) is 17.4 Å². The minimum atomic E-state index is -2.24. The van der Waals surface area contributed by atoms with E-state index in [1.165, 1.54) is 42.4 Å². The molecule has 0 radical (unpaired) electrons. The molecule has 5 unspecified atom stereocenters. The molecular weight excluding hydrogens is 449 g/mol. The summed E-state index contributed by atoms with van der Waals surface area (Å²) in [6.07, 6.45) is 7.48. The van der Waals surface area contributed by atoms with Crippen LogP contribution in [0.15, 0.2) is 59.0 Å². The quantitative estimate of drug-likeness (QED) is 0.394. The first-order valence-corrected chi connectivity index (χ1v) is 12.8. The fraction of sp³-hybridized carbons (Fsp3) is 0.533. The maximum atomic E-state index is 12.1. The number of carbonyl (C=O) groups excluding carboxylic acids is 2. The number of ketones is 2. The smallest absolute Gasteiger partial charge is 0.295 e. The van der Waals surface area contributed by atoms with Crippen LogP contribution in [0.4, 0.5) is 13.2 Å². The standard InChI is InChI=1S/C27H32O2.C3H3F3/c1-16-4-13-25-23-11-9-20-14-21(29)10-12-22(20)26(23)24(15-27(16,25)3)19-7-5-18(6-8-19)17(2)28;1-2(4)3(5)6/h5-8,14,16,23-25H,4,9-13,15H2,1-3H3;1H3. The molecule has 0 amide bonds. The van der Waals surface area contributed by atoms with Crippen molar-refractivity contribution in [3.8, 4) is 0 Å². The molecule has 0 aliphatic heterocycles. The molecule has 0 bridgehead atoms. The molecule has 1 aromatic rings. The lowest BCUT2D eigenvalue weighted by molar-refractivity contribution is -0.114. The summed E-state index contributed by atoms with van der Waals surface area (Å²) >= 11 is 0. The second-order valence-electron chi connectivity index (χ2n) is 11.0. The lowest BCUT2D eigenvalue weighted by Crippen LogP contribution is -2.42. The highest BCUT2D eigenvalue weighted by Gasteiger charge is 2.55. The van der Waals surface area contributed by atoms with Crippen LogP contribution in [0.5, 0.6) is 0 Å². The van der Waals surface area contributed by atoms with E-state index < -0.39 is 11.9 Å². The van der Waals surface area contributed by atoms with Gasteiger partial charge >= 0.3 is 6.08 Å². The van der Waals surface area contributed by atoms with Crippen LogP contribution in [0.3, 0.4) is 0 Å². The minimum Gasteiger partial charge on any atom is -0.295 e. The molecule has 5 heteroatoms. The Balaban J connectivity index is 0.000000431. The molecular formula is C30H35F3O2. The van der Waals surface area contributed by atoms with E-state index in [1.54, 1.807) is 12.5 Å². The summed E-state index contributed by atoms with van der Waals surface area (Å²) in [7, 11) is 0. The van der Waals surface area contributed by atoms with Crippen LogP contribution < -0.4 is 0 Å². The van der Waals surface area contributed by atoms with Gasteiger partial charge in [-0.1, -0.05) is 43.7 Å². The molecule has 2 fully saturated rings. The zero-order valence-corrected chi connectivity index (χ0v) is 21.1. The predicted molar refractivity (Wildman–Crippen MR) is 132 cm³/mol. The van der Waals surface area contributed by atoms with Gasteiger partial charge < -0.3 is 0 Å². The lowest BCUT2D eigenvalue weighted by atomic mass is 9.52. The number of hydrogen-bond acceptors (Lipinski definition) is 2. The third-order valence-electron chi connectivity index (χ3n) is 9.19. The van der Waals surface area contributed by atoms with Crippen LogP contribution in [-0.2, 0) is 4.79 Å². The van der Waals surface area contributed by atoms with Crippen molar-refractivity contribution >= 4 is 11.6 Å². The Labute approximate surface area is 206 Å². The molecule has 0 heterocycles. The second kappa shape index (κ2) is 9.91. The molecule has 1 aromatic carbocycles. The van der Waals surface area contributed by atoms with Crippen molar-refractivity contribution in [2.45, 2.75) is 78.6 Å². The Morgan fingerprint density at radius 1 is 0.971 bits per heavy atom. The van der Waals surface area contributed by atoms with Gasteiger partial charge in [0.05, 0.1) is 0 Å². The summed E-state index contributed by atoms with van der Waals surface area (Å²) in [5.74, 6) is 1.67. The summed E-state index contributed by atoms with van der Waals surface area (Å²) in [5, 5.41) is 0. The van der Waals surface area contributed by atoms with Crippen molar-refractivity contribution < 1.29 is 22.8 Å². The zero-order valence-electron chi connectivity index (χ0n) is 21.1. The molecule has 5 rings (SSSR count). The largest absolute Gasteiger partial charge is 0.301 e. The average molecular weight is 485 g/mol. The van der Waals surface area contributed by atoms with Crippen LogP contribution in [0.2, 0.25) is 0 Å². The van der Waals surface area contributed by atoms with Crippen LogP contribution in [0, 0.1) is 23.2 Å². The van der Waals surface area contributed by atoms with E-state index in [4.69, 9.17) is 0 Å². The van der Waals surface area contributed by atoms with Crippen molar-refractivity contribution in [1.82, 2.24) is 0 Å². The Bertz CT molecular complexity index is 1090. The molecule has 2 nitrogen and oxygen atoms in total. The number of benzene rings is 1. The van der Waals surface area contributed by atoms with Crippen LogP contribution in [-0.4, -0.2) is 11.6 Å². The second-order valence-corrected chi connectivity index (χ2v) is 11.0. The SMILES string of the molecule is CC(=O)c1ccc(C2CC3(C)C(C)CCC3C3CCC4=CC(=O)CCC4=C23)cc1.CC(F)=C(F)F. The molecule has 4 aliphatic carbocycles.